The van der Waals surface area contributed by atoms with E-state index in [1.165, 1.54) is 4.90 Å². The van der Waals surface area contributed by atoms with Gasteiger partial charge in [0.15, 0.2) is 0 Å². The summed E-state index contributed by atoms with van der Waals surface area (Å²) >= 11 is 0. The number of nitrogens with two attached hydrogens (primary N) is 1. The Morgan fingerprint density at radius 3 is 2.56 bits per heavy atom. The van der Waals surface area contributed by atoms with E-state index in [9.17, 15) is 9.59 Å². The van der Waals surface area contributed by atoms with Crippen molar-refractivity contribution in [1.82, 2.24) is 10.2 Å². The maximum absolute atomic E-state index is 12.3. The third-order valence-corrected chi connectivity index (χ3v) is 3.65. The van der Waals surface area contributed by atoms with Crippen LogP contribution in [0.2, 0.25) is 0 Å². The molecule has 3 amide bonds. The second kappa shape index (κ2) is 3.81. The van der Waals surface area contributed by atoms with Crippen LogP contribution in [0.4, 0.5) is 4.79 Å². The van der Waals surface area contributed by atoms with Crippen molar-refractivity contribution in [2.45, 2.75) is 31.0 Å². The van der Waals surface area contributed by atoms with Gasteiger partial charge in [-0.25, -0.2) is 4.79 Å². The summed E-state index contributed by atoms with van der Waals surface area (Å²) in [4.78, 5) is 25.4. The number of urea groups is 1. The SMILES string of the molecule is NC1CC2(C1)NC(=O)N(Cc1ccccc1)C2=O. The maximum Gasteiger partial charge on any atom is 0.325 e. The lowest BCUT2D eigenvalue weighted by Crippen LogP contribution is -2.61. The molecular formula is C13H15N3O2. The van der Waals surface area contributed by atoms with Crippen LogP contribution in [-0.4, -0.2) is 28.4 Å². The van der Waals surface area contributed by atoms with Gasteiger partial charge < -0.3 is 11.1 Å². The monoisotopic (exact) mass is 245 g/mol. The molecule has 0 unspecified atom stereocenters. The molecule has 1 saturated heterocycles. The minimum atomic E-state index is -0.717. The van der Waals surface area contributed by atoms with Gasteiger partial charge in [-0.1, -0.05) is 30.3 Å². The van der Waals surface area contributed by atoms with Crippen LogP contribution in [0, 0.1) is 0 Å². The summed E-state index contributed by atoms with van der Waals surface area (Å²) in [6, 6.07) is 9.20. The zero-order chi connectivity index (χ0) is 12.8. The van der Waals surface area contributed by atoms with Crippen LogP contribution in [0.15, 0.2) is 30.3 Å². The predicted molar refractivity (Wildman–Crippen MR) is 65.5 cm³/mol. The molecule has 2 aliphatic rings. The molecule has 1 aromatic carbocycles. The fourth-order valence-electron chi connectivity index (χ4n) is 2.70. The topological polar surface area (TPSA) is 75.4 Å². The highest BCUT2D eigenvalue weighted by Crippen LogP contribution is 2.36. The van der Waals surface area contributed by atoms with Gasteiger partial charge in [0.25, 0.3) is 5.91 Å². The molecule has 1 aromatic rings. The van der Waals surface area contributed by atoms with E-state index in [1.54, 1.807) is 0 Å². The molecule has 5 heteroatoms. The lowest BCUT2D eigenvalue weighted by molar-refractivity contribution is -0.135. The van der Waals surface area contributed by atoms with Crippen LogP contribution in [0.5, 0.6) is 0 Å². The van der Waals surface area contributed by atoms with E-state index in [0.717, 1.165) is 5.56 Å². The summed E-state index contributed by atoms with van der Waals surface area (Å²) in [5.41, 5.74) is 5.95. The summed E-state index contributed by atoms with van der Waals surface area (Å²) < 4.78 is 0. The predicted octanol–water partition coefficient (Wildman–Crippen LogP) is 0.598. The van der Waals surface area contributed by atoms with Crippen molar-refractivity contribution >= 4 is 11.9 Å². The number of nitrogens with zero attached hydrogens (tertiary/aromatic N) is 1. The Morgan fingerprint density at radius 1 is 1.28 bits per heavy atom. The van der Waals surface area contributed by atoms with Crippen LogP contribution in [0.1, 0.15) is 18.4 Å². The van der Waals surface area contributed by atoms with Crippen molar-refractivity contribution in [2.24, 2.45) is 5.73 Å². The van der Waals surface area contributed by atoms with Crippen LogP contribution >= 0.6 is 0 Å². The molecule has 0 radical (unpaired) electrons. The molecule has 1 heterocycles. The second-order valence-corrected chi connectivity index (χ2v) is 5.06. The molecule has 1 spiro atoms. The lowest BCUT2D eigenvalue weighted by Gasteiger charge is -2.40. The average Bonchev–Trinajstić information content (AvgIpc) is 2.55. The van der Waals surface area contributed by atoms with E-state index >= 15 is 0 Å². The standard InChI is InChI=1S/C13H15N3O2/c14-10-6-13(7-10)11(17)16(12(18)15-13)8-9-4-2-1-3-5-9/h1-5,10H,6-8,14H2,(H,15,18). The number of hydrogen-bond donors (Lipinski definition) is 2. The van der Waals surface area contributed by atoms with Crippen LogP contribution in [0.25, 0.3) is 0 Å². The van der Waals surface area contributed by atoms with E-state index in [-0.39, 0.29) is 18.0 Å². The van der Waals surface area contributed by atoms with Crippen LogP contribution in [-0.2, 0) is 11.3 Å². The smallest absolute Gasteiger partial charge is 0.325 e. The normalized spacial score (nSPS) is 30.5. The summed E-state index contributed by atoms with van der Waals surface area (Å²) in [6.07, 6.45) is 1.09. The Bertz CT molecular complexity index is 494. The molecule has 18 heavy (non-hydrogen) atoms. The molecule has 94 valence electrons. The quantitative estimate of drug-likeness (QED) is 0.749. The van der Waals surface area contributed by atoms with Gasteiger partial charge >= 0.3 is 6.03 Å². The molecule has 1 saturated carbocycles. The van der Waals surface area contributed by atoms with Crippen molar-refractivity contribution in [3.8, 4) is 0 Å². The van der Waals surface area contributed by atoms with E-state index in [0.29, 0.717) is 19.4 Å². The molecule has 1 aliphatic carbocycles. The zero-order valence-corrected chi connectivity index (χ0v) is 9.93. The summed E-state index contributed by atoms with van der Waals surface area (Å²) in [5, 5.41) is 2.77. The average molecular weight is 245 g/mol. The summed E-state index contributed by atoms with van der Waals surface area (Å²) in [6.45, 7) is 0.322. The van der Waals surface area contributed by atoms with Crippen molar-refractivity contribution in [2.75, 3.05) is 0 Å². The minimum Gasteiger partial charge on any atom is -0.327 e. The van der Waals surface area contributed by atoms with Crippen molar-refractivity contribution in [3.05, 3.63) is 35.9 Å². The van der Waals surface area contributed by atoms with Crippen LogP contribution in [0.3, 0.4) is 0 Å². The fraction of sp³-hybridized carbons (Fsp3) is 0.385. The Hall–Kier alpha value is -1.88. The molecule has 0 aromatic heterocycles. The molecular weight excluding hydrogens is 230 g/mol. The van der Waals surface area contributed by atoms with Crippen molar-refractivity contribution in [1.29, 1.82) is 0 Å². The minimum absolute atomic E-state index is 0.0194. The number of rotatable bonds is 2. The van der Waals surface area contributed by atoms with Gasteiger partial charge in [0, 0.05) is 6.04 Å². The second-order valence-electron chi connectivity index (χ2n) is 5.06. The highest BCUT2D eigenvalue weighted by atomic mass is 16.2. The van der Waals surface area contributed by atoms with Crippen LogP contribution < -0.4 is 11.1 Å². The largest absolute Gasteiger partial charge is 0.327 e. The number of imide groups is 1. The Balaban J connectivity index is 1.78. The summed E-state index contributed by atoms with van der Waals surface area (Å²) in [5.74, 6) is -0.141. The Morgan fingerprint density at radius 2 is 1.94 bits per heavy atom. The number of amides is 3. The van der Waals surface area contributed by atoms with Gasteiger partial charge in [-0.3, -0.25) is 9.69 Å². The number of nitrogens with one attached hydrogen (secondary N) is 1. The van der Waals surface area contributed by atoms with Crippen molar-refractivity contribution in [3.63, 3.8) is 0 Å². The first kappa shape index (κ1) is 11.2. The van der Waals surface area contributed by atoms with Gasteiger partial charge in [0.1, 0.15) is 5.54 Å². The highest BCUT2D eigenvalue weighted by molar-refractivity contribution is 6.07. The van der Waals surface area contributed by atoms with Gasteiger partial charge in [-0.15, -0.1) is 0 Å². The first-order valence-electron chi connectivity index (χ1n) is 6.04. The highest BCUT2D eigenvalue weighted by Gasteiger charge is 2.57. The molecule has 2 fully saturated rings. The number of carbonyl (C=O) groups excluding carboxylic acids is 2. The van der Waals surface area contributed by atoms with E-state index in [4.69, 9.17) is 5.73 Å². The van der Waals surface area contributed by atoms with E-state index in [1.807, 2.05) is 30.3 Å². The first-order valence-corrected chi connectivity index (χ1v) is 6.04. The molecule has 0 atom stereocenters. The molecule has 0 bridgehead atoms. The zero-order valence-electron chi connectivity index (χ0n) is 9.93. The third-order valence-electron chi connectivity index (χ3n) is 3.65. The third kappa shape index (κ3) is 1.59. The first-order chi connectivity index (χ1) is 8.61. The molecule has 3 rings (SSSR count). The van der Waals surface area contributed by atoms with Gasteiger partial charge in [-0.2, -0.15) is 0 Å². The maximum atomic E-state index is 12.3. The van der Waals surface area contributed by atoms with Gasteiger partial charge in [-0.05, 0) is 18.4 Å². The van der Waals surface area contributed by atoms with Gasteiger partial charge in [0.05, 0.1) is 6.54 Å². The van der Waals surface area contributed by atoms with Gasteiger partial charge in [0.2, 0.25) is 0 Å². The van der Waals surface area contributed by atoms with E-state index < -0.39 is 5.54 Å². The van der Waals surface area contributed by atoms with Crippen molar-refractivity contribution < 1.29 is 9.59 Å². The number of carbonyl (C=O) groups is 2. The molecule has 5 nitrogen and oxygen atoms in total. The summed E-state index contributed by atoms with van der Waals surface area (Å²) in [7, 11) is 0. The Kier molecular flexibility index (Phi) is 2.38. The van der Waals surface area contributed by atoms with E-state index in [2.05, 4.69) is 5.32 Å². The molecule has 1 aliphatic heterocycles. The fourth-order valence-corrected chi connectivity index (χ4v) is 2.70. The molecule has 3 N–H and O–H groups in total. The number of benzene rings is 1. The lowest BCUT2D eigenvalue weighted by atomic mass is 9.73. The number of hydrogen-bond acceptors (Lipinski definition) is 3. The Labute approximate surface area is 105 Å².